The number of carbonyl (C=O) groups is 1. The van der Waals surface area contributed by atoms with Crippen LogP contribution in [0.2, 0.25) is 0 Å². The Balaban J connectivity index is 3.06. The molecule has 4 N–H and O–H groups in total. The van der Waals surface area contributed by atoms with E-state index in [1.165, 1.54) is 6.92 Å². The van der Waals surface area contributed by atoms with E-state index in [0.29, 0.717) is 5.56 Å². The Morgan fingerprint density at radius 2 is 1.75 bits per heavy atom. The first-order valence-corrected chi connectivity index (χ1v) is 3.69. The summed E-state index contributed by atoms with van der Waals surface area (Å²) in [6, 6.07) is 8.92. The standard InChI is InChI=1S/C9H12N2O/c1-7(12)9(10,11)8-5-3-2-4-6-8/h2-6H,10-11H2,1H3. The van der Waals surface area contributed by atoms with E-state index in [-0.39, 0.29) is 5.78 Å². The molecule has 0 bridgehead atoms. The van der Waals surface area contributed by atoms with Crippen molar-refractivity contribution < 1.29 is 4.79 Å². The molecule has 1 aromatic carbocycles. The second kappa shape index (κ2) is 3.05. The maximum absolute atomic E-state index is 11.0. The van der Waals surface area contributed by atoms with Crippen LogP contribution in [0, 0.1) is 0 Å². The Morgan fingerprint density at radius 3 is 2.17 bits per heavy atom. The van der Waals surface area contributed by atoms with Crippen molar-refractivity contribution >= 4 is 5.78 Å². The van der Waals surface area contributed by atoms with Crippen LogP contribution in [0.5, 0.6) is 0 Å². The molecule has 0 atom stereocenters. The highest BCUT2D eigenvalue weighted by molar-refractivity contribution is 5.86. The van der Waals surface area contributed by atoms with Gasteiger partial charge in [-0.15, -0.1) is 0 Å². The monoisotopic (exact) mass is 164 g/mol. The number of benzene rings is 1. The second-order valence-electron chi connectivity index (χ2n) is 2.79. The third-order valence-corrected chi connectivity index (χ3v) is 1.83. The molecule has 0 amide bonds. The van der Waals surface area contributed by atoms with Crippen LogP contribution >= 0.6 is 0 Å². The lowest BCUT2D eigenvalue weighted by Crippen LogP contribution is -2.52. The minimum Gasteiger partial charge on any atom is -0.303 e. The van der Waals surface area contributed by atoms with E-state index >= 15 is 0 Å². The summed E-state index contributed by atoms with van der Waals surface area (Å²) in [5.41, 5.74) is 10.5. The SMILES string of the molecule is CC(=O)C(N)(N)c1ccccc1. The molecule has 1 aromatic rings. The van der Waals surface area contributed by atoms with Gasteiger partial charge in [0.1, 0.15) is 5.66 Å². The molecule has 0 unspecified atom stereocenters. The Morgan fingerprint density at radius 1 is 1.25 bits per heavy atom. The number of hydrogen-bond donors (Lipinski definition) is 2. The number of Topliss-reactive ketones (excluding diaryl/α,β-unsaturated/α-hetero) is 1. The van der Waals surface area contributed by atoms with Gasteiger partial charge in [0.2, 0.25) is 0 Å². The van der Waals surface area contributed by atoms with E-state index in [4.69, 9.17) is 11.5 Å². The molecule has 0 aliphatic carbocycles. The molecule has 12 heavy (non-hydrogen) atoms. The molecule has 3 nitrogen and oxygen atoms in total. The zero-order valence-corrected chi connectivity index (χ0v) is 6.95. The molecule has 64 valence electrons. The fourth-order valence-corrected chi connectivity index (χ4v) is 0.917. The third kappa shape index (κ3) is 1.52. The quantitative estimate of drug-likeness (QED) is 0.619. The van der Waals surface area contributed by atoms with E-state index in [1.54, 1.807) is 24.3 Å². The topological polar surface area (TPSA) is 69.1 Å². The summed E-state index contributed by atoms with van der Waals surface area (Å²) in [6.45, 7) is 1.38. The molecule has 0 spiro atoms. The number of carbonyl (C=O) groups excluding carboxylic acids is 1. The lowest BCUT2D eigenvalue weighted by atomic mass is 9.98. The van der Waals surface area contributed by atoms with E-state index < -0.39 is 5.66 Å². The van der Waals surface area contributed by atoms with E-state index in [9.17, 15) is 4.79 Å². The van der Waals surface area contributed by atoms with Crippen LogP contribution in [0.4, 0.5) is 0 Å². The Hall–Kier alpha value is -1.19. The zero-order chi connectivity index (χ0) is 9.19. The van der Waals surface area contributed by atoms with Gasteiger partial charge >= 0.3 is 0 Å². The maximum Gasteiger partial charge on any atom is 0.168 e. The van der Waals surface area contributed by atoms with Crippen LogP contribution in [-0.4, -0.2) is 5.78 Å². The molecular weight excluding hydrogens is 152 g/mol. The third-order valence-electron chi connectivity index (χ3n) is 1.83. The first-order valence-electron chi connectivity index (χ1n) is 3.69. The predicted octanol–water partition coefficient (Wildman–Crippen LogP) is 0.346. The van der Waals surface area contributed by atoms with Gasteiger partial charge in [0, 0.05) is 0 Å². The summed E-state index contributed by atoms with van der Waals surface area (Å²) < 4.78 is 0. The predicted molar refractivity (Wildman–Crippen MR) is 47.2 cm³/mol. The summed E-state index contributed by atoms with van der Waals surface area (Å²) in [7, 11) is 0. The van der Waals surface area contributed by atoms with Gasteiger partial charge in [-0.3, -0.25) is 4.79 Å². The molecule has 0 radical (unpaired) electrons. The van der Waals surface area contributed by atoms with Gasteiger partial charge in [0.25, 0.3) is 0 Å². The van der Waals surface area contributed by atoms with E-state index in [0.717, 1.165) is 0 Å². The Labute approximate surface area is 71.4 Å². The molecule has 0 saturated carbocycles. The fraction of sp³-hybridized carbons (Fsp3) is 0.222. The van der Waals surface area contributed by atoms with Gasteiger partial charge < -0.3 is 11.5 Å². The fourth-order valence-electron chi connectivity index (χ4n) is 0.917. The Kier molecular flexibility index (Phi) is 2.26. The average Bonchev–Trinajstić information content (AvgIpc) is 2.06. The van der Waals surface area contributed by atoms with Crippen molar-refractivity contribution in [3.05, 3.63) is 35.9 Å². The van der Waals surface area contributed by atoms with Crippen molar-refractivity contribution in [2.24, 2.45) is 11.5 Å². The van der Waals surface area contributed by atoms with Gasteiger partial charge in [-0.05, 0) is 12.5 Å². The molecule has 3 heteroatoms. The smallest absolute Gasteiger partial charge is 0.168 e. The minimum atomic E-state index is -1.35. The van der Waals surface area contributed by atoms with E-state index in [1.807, 2.05) is 6.07 Å². The molecule has 0 aromatic heterocycles. The molecule has 0 fully saturated rings. The highest BCUT2D eigenvalue weighted by Crippen LogP contribution is 2.12. The molecule has 0 saturated heterocycles. The number of rotatable bonds is 2. The van der Waals surface area contributed by atoms with Gasteiger partial charge in [-0.25, -0.2) is 0 Å². The molecule has 0 heterocycles. The first-order chi connectivity index (χ1) is 5.55. The Bertz CT molecular complexity index is 280. The molecular formula is C9H12N2O. The van der Waals surface area contributed by atoms with Gasteiger partial charge in [-0.2, -0.15) is 0 Å². The lowest BCUT2D eigenvalue weighted by molar-refractivity contribution is -0.122. The summed E-state index contributed by atoms with van der Waals surface area (Å²) in [5, 5.41) is 0. The maximum atomic E-state index is 11.0. The summed E-state index contributed by atoms with van der Waals surface area (Å²) in [4.78, 5) is 11.0. The van der Waals surface area contributed by atoms with Crippen LogP contribution in [-0.2, 0) is 10.5 Å². The number of ketones is 1. The lowest BCUT2D eigenvalue weighted by Gasteiger charge is -2.21. The van der Waals surface area contributed by atoms with Crippen molar-refractivity contribution in [1.82, 2.24) is 0 Å². The molecule has 0 aliphatic heterocycles. The number of hydrogen-bond acceptors (Lipinski definition) is 3. The highest BCUT2D eigenvalue weighted by atomic mass is 16.1. The summed E-state index contributed by atoms with van der Waals surface area (Å²) >= 11 is 0. The van der Waals surface area contributed by atoms with Gasteiger partial charge in [-0.1, -0.05) is 30.3 Å². The van der Waals surface area contributed by atoms with Crippen molar-refractivity contribution in [1.29, 1.82) is 0 Å². The van der Waals surface area contributed by atoms with Crippen LogP contribution in [0.25, 0.3) is 0 Å². The van der Waals surface area contributed by atoms with Crippen molar-refractivity contribution in [2.75, 3.05) is 0 Å². The molecule has 1 rings (SSSR count). The summed E-state index contributed by atoms with van der Waals surface area (Å²) in [6.07, 6.45) is 0. The average molecular weight is 164 g/mol. The molecule has 0 aliphatic rings. The van der Waals surface area contributed by atoms with Gasteiger partial charge in [0.05, 0.1) is 0 Å². The van der Waals surface area contributed by atoms with Crippen LogP contribution in [0.1, 0.15) is 12.5 Å². The first kappa shape index (κ1) is 8.90. The number of nitrogens with two attached hydrogens (primary N) is 2. The minimum absolute atomic E-state index is 0.242. The van der Waals surface area contributed by atoms with Crippen molar-refractivity contribution in [2.45, 2.75) is 12.6 Å². The van der Waals surface area contributed by atoms with Crippen LogP contribution in [0.15, 0.2) is 30.3 Å². The zero-order valence-electron chi connectivity index (χ0n) is 6.95. The van der Waals surface area contributed by atoms with Crippen LogP contribution in [0.3, 0.4) is 0 Å². The normalized spacial score (nSPS) is 11.2. The largest absolute Gasteiger partial charge is 0.303 e. The summed E-state index contributed by atoms with van der Waals surface area (Å²) in [5.74, 6) is -0.242. The van der Waals surface area contributed by atoms with Crippen molar-refractivity contribution in [3.63, 3.8) is 0 Å². The second-order valence-corrected chi connectivity index (χ2v) is 2.79. The van der Waals surface area contributed by atoms with Gasteiger partial charge in [0.15, 0.2) is 5.78 Å². The van der Waals surface area contributed by atoms with E-state index in [2.05, 4.69) is 0 Å². The van der Waals surface area contributed by atoms with Crippen LogP contribution < -0.4 is 11.5 Å². The highest BCUT2D eigenvalue weighted by Gasteiger charge is 2.26. The van der Waals surface area contributed by atoms with Crippen molar-refractivity contribution in [3.8, 4) is 0 Å².